The standard InChI is InChI=1S/C14H19N5/c1-14(2,15)10-19(3)13-17-8-12(9-18-13)11-4-6-16-7-5-11/h4-9H,10,15H2,1-3H3. The summed E-state index contributed by atoms with van der Waals surface area (Å²) in [4.78, 5) is 14.7. The third-order valence-electron chi connectivity index (χ3n) is 2.64. The zero-order valence-electron chi connectivity index (χ0n) is 11.5. The summed E-state index contributed by atoms with van der Waals surface area (Å²) in [7, 11) is 1.94. The third kappa shape index (κ3) is 3.72. The van der Waals surface area contributed by atoms with Gasteiger partial charge in [0, 0.05) is 49.5 Å². The van der Waals surface area contributed by atoms with Crippen LogP contribution in [-0.4, -0.2) is 34.1 Å². The van der Waals surface area contributed by atoms with Crippen molar-refractivity contribution in [2.45, 2.75) is 19.4 Å². The molecule has 2 heterocycles. The van der Waals surface area contributed by atoms with E-state index in [1.54, 1.807) is 12.4 Å². The molecule has 0 spiro atoms. The van der Waals surface area contributed by atoms with Gasteiger partial charge in [-0.3, -0.25) is 4.98 Å². The number of pyridine rings is 1. The number of rotatable bonds is 4. The first-order valence-corrected chi connectivity index (χ1v) is 6.18. The van der Waals surface area contributed by atoms with Crippen molar-refractivity contribution in [1.82, 2.24) is 15.0 Å². The summed E-state index contributed by atoms with van der Waals surface area (Å²) < 4.78 is 0. The number of hydrogen-bond acceptors (Lipinski definition) is 5. The zero-order valence-corrected chi connectivity index (χ0v) is 11.5. The van der Waals surface area contributed by atoms with E-state index in [1.165, 1.54) is 0 Å². The maximum Gasteiger partial charge on any atom is 0.225 e. The van der Waals surface area contributed by atoms with Gasteiger partial charge in [0.1, 0.15) is 0 Å². The first kappa shape index (κ1) is 13.4. The van der Waals surface area contributed by atoms with E-state index in [9.17, 15) is 0 Å². The van der Waals surface area contributed by atoms with E-state index in [0.717, 1.165) is 11.1 Å². The predicted molar refractivity (Wildman–Crippen MR) is 76.8 cm³/mol. The summed E-state index contributed by atoms with van der Waals surface area (Å²) in [6.07, 6.45) is 7.15. The Labute approximate surface area is 113 Å². The molecule has 100 valence electrons. The van der Waals surface area contributed by atoms with Gasteiger partial charge in [-0.1, -0.05) is 0 Å². The molecule has 19 heavy (non-hydrogen) atoms. The van der Waals surface area contributed by atoms with Crippen molar-refractivity contribution in [2.24, 2.45) is 5.73 Å². The topological polar surface area (TPSA) is 67.9 Å². The molecule has 0 fully saturated rings. The second kappa shape index (κ2) is 5.32. The van der Waals surface area contributed by atoms with Crippen molar-refractivity contribution in [3.63, 3.8) is 0 Å². The van der Waals surface area contributed by atoms with E-state index in [2.05, 4.69) is 15.0 Å². The minimum absolute atomic E-state index is 0.276. The lowest BCUT2D eigenvalue weighted by Crippen LogP contribution is -2.44. The molecule has 2 rings (SSSR count). The Hall–Kier alpha value is -2.01. The van der Waals surface area contributed by atoms with Crippen LogP contribution in [0.15, 0.2) is 36.9 Å². The lowest BCUT2D eigenvalue weighted by atomic mass is 10.1. The first-order valence-electron chi connectivity index (χ1n) is 6.18. The van der Waals surface area contributed by atoms with Crippen molar-refractivity contribution >= 4 is 5.95 Å². The molecule has 5 heteroatoms. The fourth-order valence-electron chi connectivity index (χ4n) is 1.89. The van der Waals surface area contributed by atoms with E-state index in [0.29, 0.717) is 12.5 Å². The molecule has 0 radical (unpaired) electrons. The molecule has 0 aliphatic heterocycles. The van der Waals surface area contributed by atoms with Crippen LogP contribution in [-0.2, 0) is 0 Å². The predicted octanol–water partition coefficient (Wildman–Crippen LogP) is 1.71. The molecule has 0 saturated carbocycles. The van der Waals surface area contributed by atoms with Gasteiger partial charge in [0.2, 0.25) is 5.95 Å². The summed E-state index contributed by atoms with van der Waals surface area (Å²) in [5.74, 6) is 0.677. The van der Waals surface area contributed by atoms with Crippen LogP contribution < -0.4 is 10.6 Å². The maximum atomic E-state index is 5.99. The number of aromatic nitrogens is 3. The molecule has 0 aromatic carbocycles. The smallest absolute Gasteiger partial charge is 0.225 e. The summed E-state index contributed by atoms with van der Waals surface area (Å²) in [6, 6.07) is 3.87. The Balaban J connectivity index is 2.15. The Morgan fingerprint density at radius 1 is 1.11 bits per heavy atom. The highest BCUT2D eigenvalue weighted by Gasteiger charge is 2.15. The molecular formula is C14H19N5. The highest BCUT2D eigenvalue weighted by atomic mass is 15.2. The third-order valence-corrected chi connectivity index (χ3v) is 2.64. The van der Waals surface area contributed by atoms with Crippen molar-refractivity contribution in [3.8, 4) is 11.1 Å². The molecule has 0 atom stereocenters. The van der Waals surface area contributed by atoms with Crippen molar-refractivity contribution in [3.05, 3.63) is 36.9 Å². The molecule has 5 nitrogen and oxygen atoms in total. The van der Waals surface area contributed by atoms with Gasteiger partial charge in [-0.05, 0) is 31.5 Å². The van der Waals surface area contributed by atoms with Crippen LogP contribution in [0.2, 0.25) is 0 Å². The lowest BCUT2D eigenvalue weighted by molar-refractivity contribution is 0.515. The zero-order chi connectivity index (χ0) is 13.9. The van der Waals surface area contributed by atoms with E-state index < -0.39 is 0 Å². The summed E-state index contributed by atoms with van der Waals surface area (Å²) in [6.45, 7) is 4.66. The highest BCUT2D eigenvalue weighted by molar-refractivity contribution is 5.61. The Morgan fingerprint density at radius 2 is 1.68 bits per heavy atom. The molecule has 2 aromatic heterocycles. The van der Waals surface area contributed by atoms with Gasteiger partial charge < -0.3 is 10.6 Å². The van der Waals surface area contributed by atoms with Crippen molar-refractivity contribution < 1.29 is 0 Å². The van der Waals surface area contributed by atoms with Crippen molar-refractivity contribution in [2.75, 3.05) is 18.5 Å². The fourth-order valence-corrected chi connectivity index (χ4v) is 1.89. The second-order valence-electron chi connectivity index (χ2n) is 5.35. The number of nitrogens with zero attached hydrogens (tertiary/aromatic N) is 4. The number of hydrogen-bond donors (Lipinski definition) is 1. The molecule has 0 saturated heterocycles. The normalized spacial score (nSPS) is 11.4. The Kier molecular flexibility index (Phi) is 3.76. The van der Waals surface area contributed by atoms with Gasteiger partial charge in [0.25, 0.3) is 0 Å². The molecule has 0 aliphatic carbocycles. The summed E-state index contributed by atoms with van der Waals surface area (Å²) in [5, 5.41) is 0. The number of likely N-dealkylation sites (N-methyl/N-ethyl adjacent to an activating group) is 1. The molecule has 2 N–H and O–H groups in total. The molecular weight excluding hydrogens is 238 g/mol. The second-order valence-corrected chi connectivity index (χ2v) is 5.35. The van der Waals surface area contributed by atoms with Crippen LogP contribution >= 0.6 is 0 Å². The monoisotopic (exact) mass is 257 g/mol. The maximum absolute atomic E-state index is 5.99. The SMILES string of the molecule is CN(CC(C)(C)N)c1ncc(-c2ccncc2)cn1. The minimum Gasteiger partial charge on any atom is -0.342 e. The van der Waals surface area contributed by atoms with Gasteiger partial charge in [-0.25, -0.2) is 9.97 Å². The number of nitrogens with two attached hydrogens (primary N) is 1. The molecule has 2 aromatic rings. The quantitative estimate of drug-likeness (QED) is 0.903. The van der Waals surface area contributed by atoms with Gasteiger partial charge in [-0.2, -0.15) is 0 Å². The number of anilines is 1. The Morgan fingerprint density at radius 3 is 2.21 bits per heavy atom. The van der Waals surface area contributed by atoms with Crippen LogP contribution in [0.1, 0.15) is 13.8 Å². The lowest BCUT2D eigenvalue weighted by Gasteiger charge is -2.26. The van der Waals surface area contributed by atoms with E-state index in [4.69, 9.17) is 5.73 Å². The van der Waals surface area contributed by atoms with Crippen LogP contribution in [0.25, 0.3) is 11.1 Å². The molecule has 0 unspecified atom stereocenters. The molecule has 0 aliphatic rings. The summed E-state index contributed by atoms with van der Waals surface area (Å²) in [5.41, 5.74) is 7.75. The Bertz CT molecular complexity index is 516. The van der Waals surface area contributed by atoms with Crippen LogP contribution in [0.4, 0.5) is 5.95 Å². The van der Waals surface area contributed by atoms with Gasteiger partial charge in [-0.15, -0.1) is 0 Å². The average Bonchev–Trinajstić information content (AvgIpc) is 2.38. The van der Waals surface area contributed by atoms with Crippen LogP contribution in [0.3, 0.4) is 0 Å². The highest BCUT2D eigenvalue weighted by Crippen LogP contribution is 2.17. The van der Waals surface area contributed by atoms with E-state index >= 15 is 0 Å². The molecule has 0 bridgehead atoms. The average molecular weight is 257 g/mol. The summed E-state index contributed by atoms with van der Waals surface area (Å²) >= 11 is 0. The minimum atomic E-state index is -0.276. The van der Waals surface area contributed by atoms with Crippen LogP contribution in [0, 0.1) is 0 Å². The van der Waals surface area contributed by atoms with Crippen molar-refractivity contribution in [1.29, 1.82) is 0 Å². The van der Waals surface area contributed by atoms with Crippen LogP contribution in [0.5, 0.6) is 0 Å². The van der Waals surface area contributed by atoms with Gasteiger partial charge >= 0.3 is 0 Å². The van der Waals surface area contributed by atoms with E-state index in [1.807, 2.05) is 50.3 Å². The van der Waals surface area contributed by atoms with Gasteiger partial charge in [0.05, 0.1) is 0 Å². The molecule has 0 amide bonds. The van der Waals surface area contributed by atoms with E-state index in [-0.39, 0.29) is 5.54 Å². The first-order chi connectivity index (χ1) is 8.96. The van der Waals surface area contributed by atoms with Gasteiger partial charge in [0.15, 0.2) is 0 Å². The fraction of sp³-hybridized carbons (Fsp3) is 0.357. The largest absolute Gasteiger partial charge is 0.342 e.